The molecular weight excluding hydrogens is 260 g/mol. The molecule has 0 saturated carbocycles. The number of amides is 1. The molecule has 1 atom stereocenters. The number of benzene rings is 1. The van der Waals surface area contributed by atoms with Crippen molar-refractivity contribution in [2.75, 3.05) is 13.1 Å². The summed E-state index contributed by atoms with van der Waals surface area (Å²) < 4.78 is 0. The van der Waals surface area contributed by atoms with Gasteiger partial charge >= 0.3 is 0 Å². The number of carbonyl (C=O) groups is 1. The second-order valence-electron chi connectivity index (χ2n) is 4.12. The summed E-state index contributed by atoms with van der Waals surface area (Å²) in [5.41, 5.74) is 7.02. The minimum atomic E-state index is -0.521. The van der Waals surface area contributed by atoms with E-state index in [-0.39, 0.29) is 18.3 Å². The van der Waals surface area contributed by atoms with E-state index in [9.17, 15) is 4.79 Å². The molecular formula is C15H21ClN2O. The monoisotopic (exact) mass is 280 g/mol. The Morgan fingerprint density at radius 1 is 1.21 bits per heavy atom. The number of halogens is 1. The zero-order valence-electron chi connectivity index (χ0n) is 11.0. The van der Waals surface area contributed by atoms with Gasteiger partial charge in [0.1, 0.15) is 0 Å². The zero-order valence-corrected chi connectivity index (χ0v) is 11.8. The minimum Gasteiger partial charge on any atom is -0.334 e. The average molecular weight is 281 g/mol. The first kappa shape index (κ1) is 17.4. The third-order valence-electron chi connectivity index (χ3n) is 2.63. The lowest BCUT2D eigenvalue weighted by atomic mass is 10.1. The van der Waals surface area contributed by atoms with Crippen LogP contribution in [0.3, 0.4) is 0 Å². The van der Waals surface area contributed by atoms with Gasteiger partial charge in [0.25, 0.3) is 0 Å². The molecule has 0 bridgehead atoms. The molecule has 0 radical (unpaired) electrons. The molecule has 0 aliphatic rings. The molecule has 3 nitrogen and oxygen atoms in total. The number of nitrogens with two attached hydrogens (primary N) is 1. The van der Waals surface area contributed by atoms with Gasteiger partial charge in [-0.15, -0.1) is 25.6 Å². The predicted molar refractivity (Wildman–Crippen MR) is 82.3 cm³/mol. The minimum absolute atomic E-state index is 0. The van der Waals surface area contributed by atoms with Crippen molar-refractivity contribution in [3.05, 3.63) is 61.2 Å². The van der Waals surface area contributed by atoms with Gasteiger partial charge in [0.15, 0.2) is 0 Å². The maximum absolute atomic E-state index is 12.1. The molecule has 1 rings (SSSR count). The van der Waals surface area contributed by atoms with Gasteiger partial charge in [-0.1, -0.05) is 42.5 Å². The molecule has 0 aliphatic carbocycles. The Labute approximate surface area is 121 Å². The predicted octanol–water partition coefficient (Wildman–Crippen LogP) is 2.18. The number of rotatable bonds is 7. The topological polar surface area (TPSA) is 46.3 Å². The Kier molecular flexibility index (Phi) is 8.58. The van der Waals surface area contributed by atoms with Crippen LogP contribution in [0.25, 0.3) is 0 Å². The number of carbonyl (C=O) groups excluding carboxylic acids is 1. The van der Waals surface area contributed by atoms with Crippen LogP contribution < -0.4 is 5.73 Å². The molecule has 1 unspecified atom stereocenters. The van der Waals surface area contributed by atoms with E-state index < -0.39 is 6.04 Å². The van der Waals surface area contributed by atoms with Crippen molar-refractivity contribution in [1.29, 1.82) is 0 Å². The van der Waals surface area contributed by atoms with E-state index in [1.165, 1.54) is 0 Å². The smallest absolute Gasteiger partial charge is 0.240 e. The second-order valence-corrected chi connectivity index (χ2v) is 4.12. The molecule has 104 valence electrons. The molecule has 1 aromatic carbocycles. The Morgan fingerprint density at radius 2 is 1.74 bits per heavy atom. The van der Waals surface area contributed by atoms with Crippen molar-refractivity contribution in [3.8, 4) is 0 Å². The first-order chi connectivity index (χ1) is 8.69. The highest BCUT2D eigenvalue weighted by Crippen LogP contribution is 2.04. The van der Waals surface area contributed by atoms with Crippen LogP contribution in [0, 0.1) is 0 Å². The third kappa shape index (κ3) is 5.73. The summed E-state index contributed by atoms with van der Waals surface area (Å²) in [6, 6.07) is 9.25. The molecule has 1 aromatic rings. The maximum Gasteiger partial charge on any atom is 0.240 e. The van der Waals surface area contributed by atoms with E-state index in [1.807, 2.05) is 30.3 Å². The summed E-state index contributed by atoms with van der Waals surface area (Å²) in [6.45, 7) is 8.27. The summed E-state index contributed by atoms with van der Waals surface area (Å²) in [4.78, 5) is 13.8. The number of hydrogen-bond donors (Lipinski definition) is 1. The third-order valence-corrected chi connectivity index (χ3v) is 2.63. The average Bonchev–Trinajstić information content (AvgIpc) is 2.39. The number of hydrogen-bond acceptors (Lipinski definition) is 2. The quantitative estimate of drug-likeness (QED) is 0.778. The lowest BCUT2D eigenvalue weighted by molar-refractivity contribution is -0.131. The van der Waals surface area contributed by atoms with E-state index in [2.05, 4.69) is 13.2 Å². The lowest BCUT2D eigenvalue weighted by Crippen LogP contribution is -2.45. The fraction of sp³-hybridized carbons (Fsp3) is 0.267. The van der Waals surface area contributed by atoms with Crippen molar-refractivity contribution in [2.24, 2.45) is 5.73 Å². The summed E-state index contributed by atoms with van der Waals surface area (Å²) in [5.74, 6) is -0.0707. The SMILES string of the molecule is C=CCN(CC=C)C(=O)C(N)Cc1ccccc1.Cl. The fourth-order valence-electron chi connectivity index (χ4n) is 1.76. The van der Waals surface area contributed by atoms with Crippen molar-refractivity contribution < 1.29 is 4.79 Å². The fourth-order valence-corrected chi connectivity index (χ4v) is 1.76. The largest absolute Gasteiger partial charge is 0.334 e. The van der Waals surface area contributed by atoms with Crippen LogP contribution in [0.15, 0.2) is 55.6 Å². The summed E-state index contributed by atoms with van der Waals surface area (Å²) in [6.07, 6.45) is 3.93. The van der Waals surface area contributed by atoms with Gasteiger partial charge < -0.3 is 10.6 Å². The lowest BCUT2D eigenvalue weighted by Gasteiger charge is -2.23. The Balaban J connectivity index is 0.00000324. The highest BCUT2D eigenvalue weighted by atomic mass is 35.5. The van der Waals surface area contributed by atoms with Crippen LogP contribution in [-0.4, -0.2) is 29.9 Å². The molecule has 1 amide bonds. The molecule has 19 heavy (non-hydrogen) atoms. The zero-order chi connectivity index (χ0) is 13.4. The van der Waals surface area contributed by atoms with Crippen molar-refractivity contribution >= 4 is 18.3 Å². The van der Waals surface area contributed by atoms with E-state index in [4.69, 9.17) is 5.73 Å². The van der Waals surface area contributed by atoms with Crippen LogP contribution >= 0.6 is 12.4 Å². The summed E-state index contributed by atoms with van der Waals surface area (Å²) in [5, 5.41) is 0. The van der Waals surface area contributed by atoms with Crippen LogP contribution in [0.5, 0.6) is 0 Å². The molecule has 0 fully saturated rings. The van der Waals surface area contributed by atoms with Crippen LogP contribution in [0.2, 0.25) is 0 Å². The Morgan fingerprint density at radius 3 is 2.21 bits per heavy atom. The normalized spacial score (nSPS) is 11.0. The van der Waals surface area contributed by atoms with Crippen molar-refractivity contribution in [3.63, 3.8) is 0 Å². The molecule has 0 saturated heterocycles. The molecule has 0 heterocycles. The highest BCUT2D eigenvalue weighted by Gasteiger charge is 2.19. The van der Waals surface area contributed by atoms with Gasteiger partial charge in [-0.25, -0.2) is 0 Å². The van der Waals surface area contributed by atoms with E-state index in [0.29, 0.717) is 19.5 Å². The van der Waals surface area contributed by atoms with Crippen LogP contribution in [-0.2, 0) is 11.2 Å². The molecule has 0 aromatic heterocycles. The molecule has 0 aliphatic heterocycles. The standard InChI is InChI=1S/C15H20N2O.ClH/c1-3-10-17(11-4-2)15(18)14(16)12-13-8-6-5-7-9-13;/h3-9,14H,1-2,10-12,16H2;1H. The molecule has 2 N–H and O–H groups in total. The molecule has 4 heteroatoms. The second kappa shape index (κ2) is 9.36. The van der Waals surface area contributed by atoms with E-state index >= 15 is 0 Å². The van der Waals surface area contributed by atoms with Crippen molar-refractivity contribution in [2.45, 2.75) is 12.5 Å². The highest BCUT2D eigenvalue weighted by molar-refractivity contribution is 5.85. The van der Waals surface area contributed by atoms with Gasteiger partial charge in [0.2, 0.25) is 5.91 Å². The van der Waals surface area contributed by atoms with Crippen LogP contribution in [0.1, 0.15) is 5.56 Å². The Hall–Kier alpha value is -1.58. The van der Waals surface area contributed by atoms with E-state index in [1.54, 1.807) is 17.1 Å². The van der Waals surface area contributed by atoms with Crippen LogP contribution in [0.4, 0.5) is 0 Å². The maximum atomic E-state index is 12.1. The van der Waals surface area contributed by atoms with E-state index in [0.717, 1.165) is 5.56 Å². The van der Waals surface area contributed by atoms with Gasteiger partial charge in [0, 0.05) is 13.1 Å². The van der Waals surface area contributed by atoms with Crippen molar-refractivity contribution in [1.82, 2.24) is 4.90 Å². The molecule has 0 spiro atoms. The first-order valence-electron chi connectivity index (χ1n) is 5.99. The number of nitrogens with zero attached hydrogens (tertiary/aromatic N) is 1. The summed E-state index contributed by atoms with van der Waals surface area (Å²) >= 11 is 0. The van der Waals surface area contributed by atoms with Gasteiger partial charge in [-0.3, -0.25) is 4.79 Å². The van der Waals surface area contributed by atoms with Gasteiger partial charge in [-0.2, -0.15) is 0 Å². The Bertz CT molecular complexity index is 396. The first-order valence-corrected chi connectivity index (χ1v) is 5.99. The van der Waals surface area contributed by atoms with Gasteiger partial charge in [0.05, 0.1) is 6.04 Å². The van der Waals surface area contributed by atoms with Gasteiger partial charge in [-0.05, 0) is 12.0 Å². The summed E-state index contributed by atoms with van der Waals surface area (Å²) in [7, 11) is 0.